The summed E-state index contributed by atoms with van der Waals surface area (Å²) in [6, 6.07) is 4.58. The number of rotatable bonds is 3. The summed E-state index contributed by atoms with van der Waals surface area (Å²) in [6.45, 7) is 0.535. The molecule has 1 aliphatic carbocycles. The first-order valence-electron chi connectivity index (χ1n) is 6.08. The van der Waals surface area contributed by atoms with Crippen molar-refractivity contribution in [2.45, 2.75) is 19.3 Å². The number of hydrogen-bond acceptors (Lipinski definition) is 2. The highest BCUT2D eigenvalue weighted by atomic mass is 79.9. The molecule has 5 heteroatoms. The predicted octanol–water partition coefficient (Wildman–Crippen LogP) is 2.90. The molecule has 1 fully saturated rings. The van der Waals surface area contributed by atoms with Crippen molar-refractivity contribution in [2.75, 3.05) is 11.9 Å². The molecule has 1 aromatic rings. The van der Waals surface area contributed by atoms with Crippen molar-refractivity contribution in [1.82, 2.24) is 0 Å². The monoisotopic (exact) mass is 314 g/mol. The molecule has 1 aromatic carbocycles. The van der Waals surface area contributed by atoms with Crippen molar-refractivity contribution in [1.29, 1.82) is 0 Å². The van der Waals surface area contributed by atoms with Crippen molar-refractivity contribution in [2.24, 2.45) is 17.6 Å². The van der Waals surface area contributed by atoms with Crippen molar-refractivity contribution in [3.05, 3.63) is 28.5 Å². The number of carbonyl (C=O) groups excluding carboxylic acids is 1. The molecule has 18 heavy (non-hydrogen) atoms. The summed E-state index contributed by atoms with van der Waals surface area (Å²) in [7, 11) is 0. The lowest BCUT2D eigenvalue weighted by Crippen LogP contribution is -2.29. The molecule has 2 atom stereocenters. The molecule has 1 saturated carbocycles. The molecule has 2 rings (SSSR count). The van der Waals surface area contributed by atoms with E-state index in [0.717, 1.165) is 19.3 Å². The molecule has 0 aromatic heterocycles. The maximum absolute atomic E-state index is 13.3. The summed E-state index contributed by atoms with van der Waals surface area (Å²) in [5, 5.41) is 2.76. The number of hydrogen-bond donors (Lipinski definition) is 2. The lowest BCUT2D eigenvalue weighted by Gasteiger charge is -2.17. The second-order valence-corrected chi connectivity index (χ2v) is 5.51. The molecule has 1 amide bonds. The number of amides is 1. The Morgan fingerprint density at radius 3 is 2.94 bits per heavy atom. The molecule has 3 nitrogen and oxygen atoms in total. The summed E-state index contributed by atoms with van der Waals surface area (Å²) in [6.07, 6.45) is 2.91. The molecule has 3 N–H and O–H groups in total. The van der Waals surface area contributed by atoms with E-state index in [9.17, 15) is 9.18 Å². The van der Waals surface area contributed by atoms with E-state index in [0.29, 0.717) is 16.7 Å². The lowest BCUT2D eigenvalue weighted by atomic mass is 9.95. The van der Waals surface area contributed by atoms with Crippen LogP contribution in [0.3, 0.4) is 0 Å². The van der Waals surface area contributed by atoms with E-state index in [4.69, 9.17) is 5.73 Å². The quantitative estimate of drug-likeness (QED) is 0.901. The first kappa shape index (κ1) is 13.5. The van der Waals surface area contributed by atoms with Gasteiger partial charge in [0, 0.05) is 11.6 Å². The fourth-order valence-corrected chi connectivity index (χ4v) is 2.72. The van der Waals surface area contributed by atoms with E-state index >= 15 is 0 Å². The topological polar surface area (TPSA) is 55.1 Å². The fraction of sp³-hybridized carbons (Fsp3) is 0.462. The Kier molecular flexibility index (Phi) is 4.35. The Bertz CT molecular complexity index is 453. The first-order chi connectivity index (χ1) is 8.61. The largest absolute Gasteiger partial charge is 0.330 e. The Morgan fingerprint density at radius 1 is 1.50 bits per heavy atom. The molecule has 0 radical (unpaired) electrons. The SMILES string of the molecule is NCC1CCCC1C(=O)Nc1ccc(Br)c(F)c1. The van der Waals surface area contributed by atoms with Gasteiger partial charge in [-0.15, -0.1) is 0 Å². The van der Waals surface area contributed by atoms with E-state index in [-0.39, 0.29) is 23.6 Å². The van der Waals surface area contributed by atoms with Crippen LogP contribution in [0.5, 0.6) is 0 Å². The van der Waals surface area contributed by atoms with Crippen molar-refractivity contribution in [3.63, 3.8) is 0 Å². The van der Waals surface area contributed by atoms with E-state index in [2.05, 4.69) is 21.2 Å². The van der Waals surface area contributed by atoms with Gasteiger partial charge >= 0.3 is 0 Å². The van der Waals surface area contributed by atoms with Gasteiger partial charge in [0.2, 0.25) is 5.91 Å². The summed E-state index contributed by atoms with van der Waals surface area (Å²) >= 11 is 3.08. The standard InChI is InChI=1S/C13H16BrFN2O/c14-11-5-4-9(6-12(11)15)17-13(18)10-3-1-2-8(10)7-16/h4-6,8,10H,1-3,7,16H2,(H,17,18). The average molecular weight is 315 g/mol. The maximum atomic E-state index is 13.3. The number of halogens is 2. The summed E-state index contributed by atoms with van der Waals surface area (Å²) < 4.78 is 13.7. The van der Waals surface area contributed by atoms with Crippen LogP contribution in [-0.2, 0) is 4.79 Å². The van der Waals surface area contributed by atoms with Crippen LogP contribution in [0, 0.1) is 17.7 Å². The third kappa shape index (κ3) is 2.90. The van der Waals surface area contributed by atoms with E-state index < -0.39 is 0 Å². The minimum absolute atomic E-state index is 0.0401. The number of anilines is 1. The van der Waals surface area contributed by atoms with Crippen LogP contribution in [0.25, 0.3) is 0 Å². The lowest BCUT2D eigenvalue weighted by molar-refractivity contribution is -0.120. The zero-order valence-corrected chi connectivity index (χ0v) is 11.5. The molecule has 0 spiro atoms. The van der Waals surface area contributed by atoms with Crippen LogP contribution >= 0.6 is 15.9 Å². The first-order valence-corrected chi connectivity index (χ1v) is 6.87. The van der Waals surface area contributed by atoms with Gasteiger partial charge in [0.25, 0.3) is 0 Å². The second-order valence-electron chi connectivity index (χ2n) is 4.65. The van der Waals surface area contributed by atoms with Gasteiger partial charge < -0.3 is 11.1 Å². The number of carbonyl (C=O) groups is 1. The highest BCUT2D eigenvalue weighted by molar-refractivity contribution is 9.10. The summed E-state index contributed by atoms with van der Waals surface area (Å²) in [5.74, 6) is -0.216. The van der Waals surface area contributed by atoms with Crippen molar-refractivity contribution < 1.29 is 9.18 Å². The maximum Gasteiger partial charge on any atom is 0.227 e. The average Bonchev–Trinajstić information content (AvgIpc) is 2.82. The minimum Gasteiger partial charge on any atom is -0.330 e. The highest BCUT2D eigenvalue weighted by Crippen LogP contribution is 2.32. The summed E-state index contributed by atoms with van der Waals surface area (Å²) in [4.78, 5) is 12.1. The van der Waals surface area contributed by atoms with Gasteiger partial charge in [0.1, 0.15) is 5.82 Å². The Balaban J connectivity index is 2.04. The molecule has 1 aliphatic rings. The highest BCUT2D eigenvalue weighted by Gasteiger charge is 2.31. The Morgan fingerprint density at radius 2 is 2.28 bits per heavy atom. The van der Waals surface area contributed by atoms with Crippen molar-refractivity contribution in [3.8, 4) is 0 Å². The third-order valence-corrected chi connectivity index (χ3v) is 4.13. The van der Waals surface area contributed by atoms with Gasteiger partial charge in [-0.25, -0.2) is 4.39 Å². The van der Waals surface area contributed by atoms with Gasteiger partial charge in [0.15, 0.2) is 0 Å². The number of benzene rings is 1. The molecular formula is C13H16BrFN2O. The van der Waals surface area contributed by atoms with E-state index in [1.54, 1.807) is 12.1 Å². The minimum atomic E-state index is -0.380. The molecule has 0 saturated heterocycles. The molecular weight excluding hydrogens is 299 g/mol. The van der Waals surface area contributed by atoms with Crippen LogP contribution < -0.4 is 11.1 Å². The van der Waals surface area contributed by atoms with E-state index in [1.807, 2.05) is 0 Å². The molecule has 0 aliphatic heterocycles. The smallest absolute Gasteiger partial charge is 0.227 e. The van der Waals surface area contributed by atoms with Crippen molar-refractivity contribution >= 4 is 27.5 Å². The van der Waals surface area contributed by atoms with Gasteiger partial charge in [0.05, 0.1) is 4.47 Å². The van der Waals surface area contributed by atoms with Gasteiger partial charge in [-0.05, 0) is 59.4 Å². The molecule has 98 valence electrons. The van der Waals surface area contributed by atoms with Crippen LogP contribution in [0.15, 0.2) is 22.7 Å². The second kappa shape index (κ2) is 5.80. The third-order valence-electron chi connectivity index (χ3n) is 3.49. The van der Waals surface area contributed by atoms with Crippen LogP contribution in [0.2, 0.25) is 0 Å². The zero-order valence-electron chi connectivity index (χ0n) is 9.96. The van der Waals surface area contributed by atoms with E-state index in [1.165, 1.54) is 6.07 Å². The Labute approximate surface area is 114 Å². The Hall–Kier alpha value is -0.940. The molecule has 0 bridgehead atoms. The van der Waals surface area contributed by atoms with Gasteiger partial charge in [-0.2, -0.15) is 0 Å². The van der Waals surface area contributed by atoms with Crippen LogP contribution in [-0.4, -0.2) is 12.5 Å². The van der Waals surface area contributed by atoms with Gasteiger partial charge in [-0.1, -0.05) is 6.42 Å². The molecule has 0 heterocycles. The molecule has 2 unspecified atom stereocenters. The normalized spacial score (nSPS) is 23.1. The van der Waals surface area contributed by atoms with Crippen LogP contribution in [0.1, 0.15) is 19.3 Å². The summed E-state index contributed by atoms with van der Waals surface area (Å²) in [5.41, 5.74) is 6.14. The number of nitrogens with one attached hydrogen (secondary N) is 1. The fourth-order valence-electron chi connectivity index (χ4n) is 2.47. The number of nitrogens with two attached hydrogens (primary N) is 1. The predicted molar refractivity (Wildman–Crippen MR) is 72.6 cm³/mol. The van der Waals surface area contributed by atoms with Gasteiger partial charge in [-0.3, -0.25) is 4.79 Å². The van der Waals surface area contributed by atoms with Crippen LogP contribution in [0.4, 0.5) is 10.1 Å². The zero-order chi connectivity index (χ0) is 13.1.